The molecule has 0 radical (unpaired) electrons. The van der Waals surface area contributed by atoms with Crippen molar-refractivity contribution in [3.8, 4) is 0 Å². The molecule has 18 heavy (non-hydrogen) atoms. The molecular weight excluding hydrogens is 226 g/mol. The maximum absolute atomic E-state index is 4.09. The lowest BCUT2D eigenvalue weighted by molar-refractivity contribution is 0.136. The third-order valence-corrected chi connectivity index (χ3v) is 3.57. The highest BCUT2D eigenvalue weighted by Crippen LogP contribution is 2.02. The summed E-state index contributed by atoms with van der Waals surface area (Å²) in [5, 5.41) is 6.31. The number of piperazine rings is 1. The van der Waals surface area contributed by atoms with Crippen LogP contribution in [0, 0.1) is 0 Å². The minimum absolute atomic E-state index is 0.881. The first kappa shape index (κ1) is 15.2. The first-order chi connectivity index (χ1) is 8.80. The fourth-order valence-electron chi connectivity index (χ4n) is 2.28. The van der Waals surface area contributed by atoms with Gasteiger partial charge < -0.3 is 20.4 Å². The van der Waals surface area contributed by atoms with Crippen LogP contribution in [-0.2, 0) is 0 Å². The lowest BCUT2D eigenvalue weighted by Gasteiger charge is -2.34. The lowest BCUT2D eigenvalue weighted by atomic mass is 10.2. The molecule has 0 aromatic heterocycles. The number of nitrogens with zero attached hydrogens (tertiary/aromatic N) is 3. The molecule has 1 aliphatic heterocycles. The second-order valence-electron chi connectivity index (χ2n) is 4.73. The van der Waals surface area contributed by atoms with Gasteiger partial charge in [-0.3, -0.25) is 4.99 Å². The van der Waals surface area contributed by atoms with Crippen molar-refractivity contribution in [1.82, 2.24) is 20.4 Å². The van der Waals surface area contributed by atoms with E-state index in [1.165, 1.54) is 52.1 Å². The summed E-state index contributed by atoms with van der Waals surface area (Å²) in [6.45, 7) is 10.6. The van der Waals surface area contributed by atoms with E-state index < -0.39 is 0 Å². The van der Waals surface area contributed by atoms with E-state index in [-0.39, 0.29) is 0 Å². The zero-order chi connectivity index (χ0) is 13.2. The predicted molar refractivity (Wildman–Crippen MR) is 78.2 cm³/mol. The van der Waals surface area contributed by atoms with Gasteiger partial charge >= 0.3 is 0 Å². The maximum atomic E-state index is 4.09. The molecule has 1 aliphatic rings. The van der Waals surface area contributed by atoms with Crippen LogP contribution >= 0.6 is 0 Å². The highest BCUT2D eigenvalue weighted by molar-refractivity contribution is 5.79. The number of nitrogens with one attached hydrogen (secondary N) is 2. The van der Waals surface area contributed by atoms with E-state index in [0.29, 0.717) is 0 Å². The monoisotopic (exact) mass is 255 g/mol. The van der Waals surface area contributed by atoms with E-state index in [9.17, 15) is 0 Å². The highest BCUT2D eigenvalue weighted by atomic mass is 15.3. The van der Waals surface area contributed by atoms with Crippen LogP contribution in [0.4, 0.5) is 0 Å². The van der Waals surface area contributed by atoms with Crippen LogP contribution < -0.4 is 10.6 Å². The van der Waals surface area contributed by atoms with Crippen LogP contribution in [0.3, 0.4) is 0 Å². The fourth-order valence-corrected chi connectivity index (χ4v) is 2.28. The molecule has 5 nitrogen and oxygen atoms in total. The Hall–Kier alpha value is -0.810. The number of guanidine groups is 1. The zero-order valence-electron chi connectivity index (χ0n) is 12.2. The summed E-state index contributed by atoms with van der Waals surface area (Å²) in [6.07, 6.45) is 2.47. The smallest absolute Gasteiger partial charge is 0.190 e. The summed E-state index contributed by atoms with van der Waals surface area (Å²) in [5.41, 5.74) is 0. The number of rotatable bonds is 6. The van der Waals surface area contributed by atoms with Crippen LogP contribution in [0.2, 0.25) is 0 Å². The van der Waals surface area contributed by atoms with Gasteiger partial charge in [0.25, 0.3) is 0 Å². The number of hydrogen-bond donors (Lipinski definition) is 2. The normalized spacial score (nSPS) is 18.9. The molecule has 0 spiro atoms. The molecule has 2 N–H and O–H groups in total. The highest BCUT2D eigenvalue weighted by Gasteiger charge is 2.14. The molecule has 0 unspecified atom stereocenters. The van der Waals surface area contributed by atoms with Gasteiger partial charge in [0, 0.05) is 46.8 Å². The van der Waals surface area contributed by atoms with Gasteiger partial charge in [-0.15, -0.1) is 0 Å². The maximum Gasteiger partial charge on any atom is 0.190 e. The molecule has 0 atom stereocenters. The van der Waals surface area contributed by atoms with Crippen molar-refractivity contribution < 1.29 is 0 Å². The molecule has 0 bridgehead atoms. The SMILES string of the molecule is CCN1CCN(CCCCNC(=NC)NC)CC1. The molecule has 1 fully saturated rings. The number of aliphatic imine (C=N–C) groups is 1. The van der Waals surface area contributed by atoms with Crippen molar-refractivity contribution in [2.45, 2.75) is 19.8 Å². The van der Waals surface area contributed by atoms with E-state index in [0.717, 1.165) is 12.5 Å². The van der Waals surface area contributed by atoms with Crippen LogP contribution in [0.5, 0.6) is 0 Å². The van der Waals surface area contributed by atoms with E-state index in [1.807, 2.05) is 7.05 Å². The van der Waals surface area contributed by atoms with Crippen LogP contribution in [0.25, 0.3) is 0 Å². The first-order valence-electron chi connectivity index (χ1n) is 7.13. The Bertz CT molecular complexity index is 234. The van der Waals surface area contributed by atoms with Crippen molar-refractivity contribution in [3.05, 3.63) is 0 Å². The third kappa shape index (κ3) is 5.69. The molecule has 0 aliphatic carbocycles. The minimum Gasteiger partial charge on any atom is -0.359 e. The Labute approximate surface area is 112 Å². The molecular formula is C13H29N5. The van der Waals surface area contributed by atoms with E-state index in [2.05, 4.69) is 32.3 Å². The summed E-state index contributed by atoms with van der Waals surface area (Å²) in [4.78, 5) is 9.20. The van der Waals surface area contributed by atoms with E-state index >= 15 is 0 Å². The van der Waals surface area contributed by atoms with Gasteiger partial charge in [-0.2, -0.15) is 0 Å². The summed E-state index contributed by atoms with van der Waals surface area (Å²) >= 11 is 0. The summed E-state index contributed by atoms with van der Waals surface area (Å²) < 4.78 is 0. The minimum atomic E-state index is 0.881. The largest absolute Gasteiger partial charge is 0.359 e. The third-order valence-electron chi connectivity index (χ3n) is 3.57. The van der Waals surface area contributed by atoms with Crippen molar-refractivity contribution in [3.63, 3.8) is 0 Å². The standard InChI is InChI=1S/C13H29N5/c1-4-17-9-11-18(12-10-17)8-6-5-7-16-13(14-2)15-3/h4-12H2,1-3H3,(H2,14,15,16). The Kier molecular flexibility index (Phi) is 7.76. The van der Waals surface area contributed by atoms with Crippen LogP contribution in [0.15, 0.2) is 4.99 Å². The van der Waals surface area contributed by atoms with Gasteiger partial charge in [0.2, 0.25) is 0 Å². The summed E-state index contributed by atoms with van der Waals surface area (Å²) in [6, 6.07) is 0. The molecule has 106 valence electrons. The van der Waals surface area contributed by atoms with Gasteiger partial charge in [-0.1, -0.05) is 6.92 Å². The van der Waals surface area contributed by atoms with Crippen LogP contribution in [-0.4, -0.2) is 75.7 Å². The molecule has 0 aromatic rings. The average Bonchev–Trinajstić information content (AvgIpc) is 2.43. The summed E-state index contributed by atoms with van der Waals surface area (Å²) in [5.74, 6) is 0.881. The molecule has 1 heterocycles. The van der Waals surface area contributed by atoms with Gasteiger partial charge in [-0.05, 0) is 25.9 Å². The number of hydrogen-bond acceptors (Lipinski definition) is 3. The van der Waals surface area contributed by atoms with Crippen molar-refractivity contribution in [1.29, 1.82) is 0 Å². The van der Waals surface area contributed by atoms with Gasteiger partial charge in [-0.25, -0.2) is 0 Å². The van der Waals surface area contributed by atoms with Crippen LogP contribution in [0.1, 0.15) is 19.8 Å². The molecule has 5 heteroatoms. The quantitative estimate of drug-likeness (QED) is 0.404. The van der Waals surface area contributed by atoms with Gasteiger partial charge in [0.1, 0.15) is 0 Å². The second kappa shape index (κ2) is 9.16. The second-order valence-corrected chi connectivity index (χ2v) is 4.73. The summed E-state index contributed by atoms with van der Waals surface area (Å²) in [7, 11) is 3.69. The zero-order valence-corrected chi connectivity index (χ0v) is 12.2. The average molecular weight is 255 g/mol. The molecule has 0 amide bonds. The van der Waals surface area contributed by atoms with E-state index in [4.69, 9.17) is 0 Å². The van der Waals surface area contributed by atoms with Crippen molar-refractivity contribution in [2.24, 2.45) is 4.99 Å². The molecule has 1 saturated heterocycles. The van der Waals surface area contributed by atoms with Gasteiger partial charge in [0.15, 0.2) is 5.96 Å². The lowest BCUT2D eigenvalue weighted by Crippen LogP contribution is -2.46. The Morgan fingerprint density at radius 2 is 1.78 bits per heavy atom. The Balaban J connectivity index is 1.99. The Morgan fingerprint density at radius 1 is 1.11 bits per heavy atom. The van der Waals surface area contributed by atoms with E-state index in [1.54, 1.807) is 7.05 Å². The fraction of sp³-hybridized carbons (Fsp3) is 0.923. The van der Waals surface area contributed by atoms with Crippen molar-refractivity contribution in [2.75, 3.05) is 59.9 Å². The topological polar surface area (TPSA) is 42.9 Å². The molecule has 1 rings (SSSR count). The number of unbranched alkanes of at least 4 members (excludes halogenated alkanes) is 1. The predicted octanol–water partition coefficient (Wildman–Crippen LogP) is 0.199. The Morgan fingerprint density at radius 3 is 2.33 bits per heavy atom. The van der Waals surface area contributed by atoms with Gasteiger partial charge in [0.05, 0.1) is 0 Å². The van der Waals surface area contributed by atoms with Crippen molar-refractivity contribution >= 4 is 5.96 Å². The molecule has 0 saturated carbocycles. The molecule has 0 aromatic carbocycles. The first-order valence-corrected chi connectivity index (χ1v) is 7.13. The number of likely N-dealkylation sites (N-methyl/N-ethyl adjacent to an activating group) is 1.